The molecule has 0 N–H and O–H groups in total. The van der Waals surface area contributed by atoms with Gasteiger partial charge >= 0.3 is 0 Å². The molecule has 1 amide bonds. The predicted molar refractivity (Wildman–Crippen MR) is 123 cm³/mol. The molecule has 1 saturated heterocycles. The Bertz CT molecular complexity index is 1080. The maximum absolute atomic E-state index is 13.9. The molecule has 1 aliphatic heterocycles. The number of ether oxygens (including phenoxy) is 1. The number of carbonyl (C=O) groups is 2. The summed E-state index contributed by atoms with van der Waals surface area (Å²) >= 11 is 0. The van der Waals surface area contributed by atoms with Crippen molar-refractivity contribution in [3.8, 4) is 11.1 Å². The Hall–Kier alpha value is -3.31. The van der Waals surface area contributed by atoms with Crippen LogP contribution in [0.15, 0.2) is 72.8 Å². The summed E-state index contributed by atoms with van der Waals surface area (Å²) in [6.45, 7) is 1.21. The van der Waals surface area contributed by atoms with Crippen LogP contribution in [0.2, 0.25) is 0 Å². The number of anilines is 1. The van der Waals surface area contributed by atoms with Crippen molar-refractivity contribution in [1.29, 1.82) is 0 Å². The first-order valence-corrected chi connectivity index (χ1v) is 10.9. The van der Waals surface area contributed by atoms with Crippen molar-refractivity contribution in [2.24, 2.45) is 0 Å². The number of hydrogen-bond donors (Lipinski definition) is 0. The van der Waals surface area contributed by atoms with E-state index in [0.717, 1.165) is 35.2 Å². The van der Waals surface area contributed by atoms with Crippen molar-refractivity contribution in [2.75, 3.05) is 24.7 Å². The zero-order chi connectivity index (χ0) is 22.3. The van der Waals surface area contributed by atoms with Crippen molar-refractivity contribution in [3.05, 3.63) is 89.7 Å². The molecular weight excluding hydrogens is 405 g/mol. The minimum Gasteiger partial charge on any atom is -0.370 e. The summed E-state index contributed by atoms with van der Waals surface area (Å²) in [5.74, 6) is -0.0689. The van der Waals surface area contributed by atoms with Crippen molar-refractivity contribution >= 4 is 17.4 Å². The lowest BCUT2D eigenvalue weighted by atomic mass is 9.99. The van der Waals surface area contributed by atoms with Crippen LogP contribution in [0.4, 0.5) is 10.1 Å². The maximum Gasteiger partial charge on any atom is 0.253 e. The van der Waals surface area contributed by atoms with Crippen LogP contribution in [-0.4, -0.2) is 31.4 Å². The fourth-order valence-corrected chi connectivity index (χ4v) is 3.94. The van der Waals surface area contributed by atoms with E-state index >= 15 is 0 Å². The first-order valence-electron chi connectivity index (χ1n) is 10.9. The molecule has 0 spiro atoms. The molecule has 4 rings (SSSR count). The smallest absolute Gasteiger partial charge is 0.253 e. The van der Waals surface area contributed by atoms with Gasteiger partial charge in [-0.2, -0.15) is 0 Å². The van der Waals surface area contributed by atoms with Crippen LogP contribution in [0.25, 0.3) is 11.1 Å². The van der Waals surface area contributed by atoms with Crippen molar-refractivity contribution in [2.45, 2.75) is 25.7 Å². The van der Waals surface area contributed by atoms with E-state index in [1.807, 2.05) is 54.6 Å². The quantitative estimate of drug-likeness (QED) is 0.505. The largest absolute Gasteiger partial charge is 0.370 e. The second kappa shape index (κ2) is 10.3. The average molecular weight is 432 g/mol. The Balaban J connectivity index is 1.24. The van der Waals surface area contributed by atoms with Crippen LogP contribution in [0.3, 0.4) is 0 Å². The van der Waals surface area contributed by atoms with Crippen LogP contribution in [0, 0.1) is 5.82 Å². The molecule has 1 fully saturated rings. The third kappa shape index (κ3) is 5.48. The van der Waals surface area contributed by atoms with Gasteiger partial charge in [0.2, 0.25) is 0 Å². The van der Waals surface area contributed by atoms with Gasteiger partial charge in [0, 0.05) is 30.6 Å². The number of benzene rings is 3. The fourth-order valence-electron chi connectivity index (χ4n) is 3.94. The maximum atomic E-state index is 13.9. The van der Waals surface area contributed by atoms with Crippen molar-refractivity contribution in [1.82, 2.24) is 0 Å². The van der Waals surface area contributed by atoms with E-state index in [9.17, 15) is 14.0 Å². The molecule has 1 heterocycles. The minimum absolute atomic E-state index is 0.0398. The number of amides is 1. The normalized spacial score (nSPS) is 13.9. The third-order valence-corrected chi connectivity index (χ3v) is 5.69. The summed E-state index contributed by atoms with van der Waals surface area (Å²) < 4.78 is 19.1. The molecule has 0 atom stereocenters. The Morgan fingerprint density at radius 3 is 2.38 bits per heavy atom. The monoisotopic (exact) mass is 431 g/mol. The van der Waals surface area contributed by atoms with Crippen LogP contribution < -0.4 is 4.90 Å². The molecule has 0 radical (unpaired) electrons. The Morgan fingerprint density at radius 1 is 0.938 bits per heavy atom. The molecule has 164 valence electrons. The highest BCUT2D eigenvalue weighted by molar-refractivity contribution is 5.94. The number of aryl methyl sites for hydroxylation is 1. The van der Waals surface area contributed by atoms with E-state index in [2.05, 4.69) is 0 Å². The molecule has 0 unspecified atom stereocenters. The summed E-state index contributed by atoms with van der Waals surface area (Å²) in [7, 11) is 0. The second-order valence-corrected chi connectivity index (χ2v) is 8.01. The van der Waals surface area contributed by atoms with Gasteiger partial charge < -0.3 is 9.64 Å². The van der Waals surface area contributed by atoms with E-state index in [4.69, 9.17) is 4.74 Å². The number of hydrogen-bond acceptors (Lipinski definition) is 3. The number of carbonyl (C=O) groups excluding carboxylic acids is 2. The van der Waals surface area contributed by atoms with E-state index < -0.39 is 0 Å². The highest BCUT2D eigenvalue weighted by Gasteiger charge is 2.20. The van der Waals surface area contributed by atoms with Crippen LogP contribution in [0.1, 0.15) is 24.0 Å². The zero-order valence-corrected chi connectivity index (χ0v) is 17.9. The molecule has 3 aromatic carbocycles. The second-order valence-electron chi connectivity index (χ2n) is 8.01. The summed E-state index contributed by atoms with van der Waals surface area (Å²) in [6, 6.07) is 22.2. The summed E-state index contributed by atoms with van der Waals surface area (Å²) in [6.07, 6.45) is 2.49. The number of Topliss-reactive ketones (excluding diaryl/α,β-unsaturated/α-hetero) is 1. The molecule has 3 aromatic rings. The van der Waals surface area contributed by atoms with Gasteiger partial charge in [-0.05, 0) is 47.7 Å². The molecule has 5 heteroatoms. The van der Waals surface area contributed by atoms with Gasteiger partial charge in [-0.15, -0.1) is 0 Å². The lowest BCUT2D eigenvalue weighted by molar-refractivity contribution is -0.125. The highest BCUT2D eigenvalue weighted by atomic mass is 19.1. The van der Waals surface area contributed by atoms with Crippen LogP contribution >= 0.6 is 0 Å². The van der Waals surface area contributed by atoms with E-state index in [1.165, 1.54) is 6.07 Å². The summed E-state index contributed by atoms with van der Waals surface area (Å²) in [5, 5.41) is 0. The number of halogens is 1. The fraction of sp³-hybridized carbons (Fsp3) is 0.259. The average Bonchev–Trinajstić information content (AvgIpc) is 2.81. The van der Waals surface area contributed by atoms with Gasteiger partial charge in [0.1, 0.15) is 18.2 Å². The van der Waals surface area contributed by atoms with E-state index in [1.54, 1.807) is 17.0 Å². The minimum atomic E-state index is -0.226. The van der Waals surface area contributed by atoms with Gasteiger partial charge in [-0.3, -0.25) is 9.59 Å². The number of morpholine rings is 1. The standard InChI is InChI=1S/C27H26FNO3/c28-26-7-2-1-6-25(26)22-12-8-20(9-13-22)4-3-5-24(30)18-21-10-14-23(15-11-21)29-16-17-32-19-27(29)31/h1-2,6-15H,3-5,16-19H2. The molecule has 0 saturated carbocycles. The third-order valence-electron chi connectivity index (χ3n) is 5.69. The number of ketones is 1. The molecular formula is C27H26FNO3. The molecule has 4 nitrogen and oxygen atoms in total. The Labute approximate surface area is 187 Å². The Morgan fingerprint density at radius 2 is 1.66 bits per heavy atom. The van der Waals surface area contributed by atoms with Crippen LogP contribution in [-0.2, 0) is 27.2 Å². The predicted octanol–water partition coefficient (Wildman–Crippen LogP) is 4.99. The molecule has 0 bridgehead atoms. The lowest BCUT2D eigenvalue weighted by Gasteiger charge is -2.26. The SMILES string of the molecule is O=C(CCCc1ccc(-c2ccccc2F)cc1)Cc1ccc(N2CCOCC2=O)cc1. The van der Waals surface area contributed by atoms with Gasteiger partial charge in [0.15, 0.2) is 0 Å². The summed E-state index contributed by atoms with van der Waals surface area (Å²) in [5.41, 5.74) is 4.38. The molecule has 0 aromatic heterocycles. The molecule has 0 aliphatic carbocycles. The molecule has 1 aliphatic rings. The van der Waals surface area contributed by atoms with Crippen LogP contribution in [0.5, 0.6) is 0 Å². The van der Waals surface area contributed by atoms with Gasteiger partial charge in [0.25, 0.3) is 5.91 Å². The number of nitrogens with zero attached hydrogens (tertiary/aromatic N) is 1. The zero-order valence-electron chi connectivity index (χ0n) is 17.9. The van der Waals surface area contributed by atoms with Gasteiger partial charge in [-0.25, -0.2) is 4.39 Å². The first-order chi connectivity index (χ1) is 15.6. The number of rotatable bonds is 8. The van der Waals surface area contributed by atoms with E-state index in [0.29, 0.717) is 31.6 Å². The Kier molecular flexibility index (Phi) is 7.07. The van der Waals surface area contributed by atoms with Crippen molar-refractivity contribution < 1.29 is 18.7 Å². The lowest BCUT2D eigenvalue weighted by Crippen LogP contribution is -2.41. The van der Waals surface area contributed by atoms with Gasteiger partial charge in [-0.1, -0.05) is 54.6 Å². The van der Waals surface area contributed by atoms with E-state index in [-0.39, 0.29) is 24.1 Å². The highest BCUT2D eigenvalue weighted by Crippen LogP contribution is 2.23. The first kappa shape index (κ1) is 21.9. The van der Waals surface area contributed by atoms with Crippen molar-refractivity contribution in [3.63, 3.8) is 0 Å². The van der Waals surface area contributed by atoms with Gasteiger partial charge in [0.05, 0.1) is 6.61 Å². The molecule has 32 heavy (non-hydrogen) atoms. The summed E-state index contributed by atoms with van der Waals surface area (Å²) in [4.78, 5) is 26.0. The topological polar surface area (TPSA) is 46.6 Å².